The zero-order valence-electron chi connectivity index (χ0n) is 12.6. The van der Waals surface area contributed by atoms with E-state index in [4.69, 9.17) is 0 Å². The highest BCUT2D eigenvalue weighted by Gasteiger charge is 2.55. The second-order valence-electron chi connectivity index (χ2n) is 6.30. The van der Waals surface area contributed by atoms with Crippen LogP contribution in [0.5, 0.6) is 0 Å². The highest BCUT2D eigenvalue weighted by Crippen LogP contribution is 2.41. The molecule has 4 amide bonds. The summed E-state index contributed by atoms with van der Waals surface area (Å²) in [5.41, 5.74) is -0.992. The fraction of sp³-hybridized carbons (Fsp3) is 0.800. The van der Waals surface area contributed by atoms with Crippen LogP contribution in [0.25, 0.3) is 0 Å². The number of carbonyl (C=O) groups is 3. The van der Waals surface area contributed by atoms with Gasteiger partial charge in [-0.15, -0.1) is 0 Å². The molecule has 5 heteroatoms. The Morgan fingerprint density at radius 3 is 2.25 bits per heavy atom. The van der Waals surface area contributed by atoms with Crippen molar-refractivity contribution >= 4 is 17.8 Å². The molecule has 2 rings (SSSR count). The van der Waals surface area contributed by atoms with Crippen LogP contribution in [0.4, 0.5) is 4.79 Å². The molecule has 2 aliphatic rings. The molecule has 5 nitrogen and oxygen atoms in total. The number of carbonyl (C=O) groups excluding carboxylic acids is 3. The second kappa shape index (κ2) is 5.54. The van der Waals surface area contributed by atoms with Crippen molar-refractivity contribution in [3.8, 4) is 0 Å². The van der Waals surface area contributed by atoms with Crippen LogP contribution in [0.15, 0.2) is 0 Å². The number of imide groups is 2. The van der Waals surface area contributed by atoms with Crippen molar-refractivity contribution in [2.75, 3.05) is 0 Å². The monoisotopic (exact) mass is 280 g/mol. The van der Waals surface area contributed by atoms with E-state index in [0.29, 0.717) is 19.3 Å². The number of hydrogen-bond donors (Lipinski definition) is 1. The minimum Gasteiger partial charge on any atom is -0.277 e. The van der Waals surface area contributed by atoms with Crippen molar-refractivity contribution in [3.05, 3.63) is 0 Å². The normalized spacial score (nSPS) is 24.2. The smallest absolute Gasteiger partial charge is 0.277 e. The van der Waals surface area contributed by atoms with Gasteiger partial charge in [0.25, 0.3) is 0 Å². The Balaban J connectivity index is 2.35. The van der Waals surface area contributed by atoms with E-state index in [0.717, 1.165) is 19.3 Å². The molecule has 0 aromatic heterocycles. The first-order valence-electron chi connectivity index (χ1n) is 7.63. The van der Waals surface area contributed by atoms with Crippen molar-refractivity contribution in [1.29, 1.82) is 0 Å². The molecule has 1 unspecified atom stereocenters. The molecule has 1 aliphatic carbocycles. The fourth-order valence-corrected chi connectivity index (χ4v) is 3.55. The fourth-order valence-electron chi connectivity index (χ4n) is 3.55. The van der Waals surface area contributed by atoms with Gasteiger partial charge in [-0.2, -0.15) is 0 Å². The summed E-state index contributed by atoms with van der Waals surface area (Å²) in [4.78, 5) is 38.5. The highest BCUT2D eigenvalue weighted by molar-refractivity contribution is 6.19. The Hall–Kier alpha value is -1.39. The largest absolute Gasteiger partial charge is 0.331 e. The lowest BCUT2D eigenvalue weighted by Gasteiger charge is -2.44. The molecule has 0 radical (unpaired) electrons. The maximum Gasteiger partial charge on any atom is 0.331 e. The van der Waals surface area contributed by atoms with E-state index < -0.39 is 11.4 Å². The van der Waals surface area contributed by atoms with Crippen LogP contribution in [0.3, 0.4) is 0 Å². The third kappa shape index (κ3) is 2.23. The van der Waals surface area contributed by atoms with Gasteiger partial charge in [-0.05, 0) is 25.2 Å². The van der Waals surface area contributed by atoms with Crippen LogP contribution in [0, 0.1) is 11.3 Å². The molecule has 1 saturated carbocycles. The number of nitrogens with zero attached hydrogens (tertiary/aromatic N) is 1. The van der Waals surface area contributed by atoms with Gasteiger partial charge in [0.2, 0.25) is 11.8 Å². The van der Waals surface area contributed by atoms with Crippen LogP contribution in [0.1, 0.15) is 59.3 Å². The van der Waals surface area contributed by atoms with Crippen molar-refractivity contribution in [1.82, 2.24) is 10.2 Å². The van der Waals surface area contributed by atoms with Gasteiger partial charge in [0, 0.05) is 6.04 Å². The molecular weight excluding hydrogens is 256 g/mol. The Labute approximate surface area is 120 Å². The molecule has 0 aromatic carbocycles. The van der Waals surface area contributed by atoms with Gasteiger partial charge in [0.1, 0.15) is 5.41 Å². The Morgan fingerprint density at radius 2 is 1.75 bits per heavy atom. The number of urea groups is 1. The molecule has 1 atom stereocenters. The standard InChI is InChI=1S/C15H24N2O3/c1-4-11(10(2)3)17-13(19)15(8-6-5-7-9-15)12(18)16-14(17)20/h10-11H,4-9H2,1-3H3,(H,16,18,20). The van der Waals surface area contributed by atoms with E-state index in [1.54, 1.807) is 0 Å². The summed E-state index contributed by atoms with van der Waals surface area (Å²) in [7, 11) is 0. The molecule has 1 heterocycles. The summed E-state index contributed by atoms with van der Waals surface area (Å²) >= 11 is 0. The van der Waals surface area contributed by atoms with Crippen LogP contribution in [0.2, 0.25) is 0 Å². The van der Waals surface area contributed by atoms with Crippen molar-refractivity contribution in [2.24, 2.45) is 11.3 Å². The predicted octanol–water partition coefficient (Wildman–Crippen LogP) is 2.45. The summed E-state index contributed by atoms with van der Waals surface area (Å²) < 4.78 is 0. The highest BCUT2D eigenvalue weighted by atomic mass is 16.2. The van der Waals surface area contributed by atoms with Crippen molar-refractivity contribution in [2.45, 2.75) is 65.3 Å². The molecule has 0 bridgehead atoms. The minimum absolute atomic E-state index is 0.144. The molecule has 20 heavy (non-hydrogen) atoms. The first kappa shape index (κ1) is 15.0. The topological polar surface area (TPSA) is 66.5 Å². The maximum atomic E-state index is 12.9. The second-order valence-corrected chi connectivity index (χ2v) is 6.30. The van der Waals surface area contributed by atoms with Crippen LogP contribution in [-0.2, 0) is 9.59 Å². The van der Waals surface area contributed by atoms with Gasteiger partial charge in [-0.3, -0.25) is 19.8 Å². The van der Waals surface area contributed by atoms with Gasteiger partial charge in [0.15, 0.2) is 0 Å². The lowest BCUT2D eigenvalue weighted by molar-refractivity contribution is -0.156. The molecule has 1 saturated heterocycles. The SMILES string of the molecule is CCC(C(C)C)N1C(=O)NC(=O)C2(CCCCC2)C1=O. The lowest BCUT2D eigenvalue weighted by Crippen LogP contribution is -2.67. The number of rotatable bonds is 3. The van der Waals surface area contributed by atoms with Crippen LogP contribution in [-0.4, -0.2) is 28.8 Å². The number of nitrogens with one attached hydrogen (secondary N) is 1. The van der Waals surface area contributed by atoms with Gasteiger partial charge >= 0.3 is 6.03 Å². The Kier molecular flexibility index (Phi) is 4.16. The Bertz CT molecular complexity index is 425. The quantitative estimate of drug-likeness (QED) is 0.807. The number of hydrogen-bond acceptors (Lipinski definition) is 3. The molecule has 1 aliphatic heterocycles. The van der Waals surface area contributed by atoms with E-state index >= 15 is 0 Å². The summed E-state index contributed by atoms with van der Waals surface area (Å²) in [6.07, 6.45) is 4.64. The van der Waals surface area contributed by atoms with Crippen LogP contribution < -0.4 is 5.32 Å². The molecule has 1 N–H and O–H groups in total. The summed E-state index contributed by atoms with van der Waals surface area (Å²) in [6, 6.07) is -0.689. The average Bonchev–Trinajstić information content (AvgIpc) is 2.42. The molecule has 1 spiro atoms. The van der Waals surface area contributed by atoms with E-state index in [2.05, 4.69) is 5.32 Å². The summed E-state index contributed by atoms with van der Waals surface area (Å²) in [6.45, 7) is 5.96. The van der Waals surface area contributed by atoms with Gasteiger partial charge in [0.05, 0.1) is 0 Å². The Morgan fingerprint density at radius 1 is 1.15 bits per heavy atom. The summed E-state index contributed by atoms with van der Waals surface area (Å²) in [5.74, 6) is -0.475. The molecular formula is C15H24N2O3. The van der Waals surface area contributed by atoms with Crippen LogP contribution >= 0.6 is 0 Å². The zero-order chi connectivity index (χ0) is 14.9. The van der Waals surface area contributed by atoms with Gasteiger partial charge in [-0.1, -0.05) is 40.0 Å². The maximum absolute atomic E-state index is 12.9. The first-order chi connectivity index (χ1) is 9.44. The van der Waals surface area contributed by atoms with Crippen molar-refractivity contribution in [3.63, 3.8) is 0 Å². The van der Waals surface area contributed by atoms with Gasteiger partial charge < -0.3 is 0 Å². The first-order valence-corrected chi connectivity index (χ1v) is 7.63. The summed E-state index contributed by atoms with van der Waals surface area (Å²) in [5, 5.41) is 2.42. The minimum atomic E-state index is -0.992. The van der Waals surface area contributed by atoms with E-state index in [-0.39, 0.29) is 23.8 Å². The molecule has 112 valence electrons. The van der Waals surface area contributed by atoms with Crippen molar-refractivity contribution < 1.29 is 14.4 Å². The van der Waals surface area contributed by atoms with E-state index in [9.17, 15) is 14.4 Å². The number of barbiturate groups is 1. The van der Waals surface area contributed by atoms with Gasteiger partial charge in [-0.25, -0.2) is 4.79 Å². The third-order valence-corrected chi connectivity index (χ3v) is 4.73. The van der Waals surface area contributed by atoms with E-state index in [1.165, 1.54) is 4.90 Å². The molecule has 2 fully saturated rings. The van der Waals surface area contributed by atoms with E-state index in [1.807, 2.05) is 20.8 Å². The number of amides is 4. The predicted molar refractivity (Wildman–Crippen MR) is 74.8 cm³/mol. The zero-order valence-corrected chi connectivity index (χ0v) is 12.6. The average molecular weight is 280 g/mol. The lowest BCUT2D eigenvalue weighted by atomic mass is 9.71. The third-order valence-electron chi connectivity index (χ3n) is 4.73. The molecule has 0 aromatic rings.